The fraction of sp³-hybridized carbons (Fsp3) is 0.600. The van der Waals surface area contributed by atoms with E-state index in [-0.39, 0.29) is 0 Å². The van der Waals surface area contributed by atoms with E-state index < -0.39 is 0 Å². The van der Waals surface area contributed by atoms with Gasteiger partial charge in [0.1, 0.15) is 6.61 Å². The normalized spacial score (nSPS) is 15.9. The van der Waals surface area contributed by atoms with Crippen LogP contribution >= 0.6 is 0 Å². The Labute approximate surface area is 120 Å². The fourth-order valence-corrected chi connectivity index (χ4v) is 2.28. The van der Waals surface area contributed by atoms with Crippen molar-refractivity contribution in [2.45, 2.75) is 6.92 Å². The molecule has 0 atom stereocenters. The summed E-state index contributed by atoms with van der Waals surface area (Å²) in [6.07, 6.45) is 0. The summed E-state index contributed by atoms with van der Waals surface area (Å²) in [6, 6.07) is 3.91. The van der Waals surface area contributed by atoms with E-state index in [1.165, 1.54) is 0 Å². The standard InChI is InChI=1S/C15H23NO4/c1-12-10-13(17-2)15(18-3)14(11-12)20-9-6-16-4-7-19-8-5-16/h10-11H,4-9H2,1-3H3. The quantitative estimate of drug-likeness (QED) is 0.794. The van der Waals surface area contributed by atoms with Crippen LogP contribution < -0.4 is 14.2 Å². The Morgan fingerprint density at radius 1 is 1.10 bits per heavy atom. The lowest BCUT2D eigenvalue weighted by Gasteiger charge is -2.26. The molecule has 1 heterocycles. The molecule has 20 heavy (non-hydrogen) atoms. The van der Waals surface area contributed by atoms with Crippen molar-refractivity contribution in [2.24, 2.45) is 0 Å². The van der Waals surface area contributed by atoms with Crippen LogP contribution in [0.2, 0.25) is 0 Å². The van der Waals surface area contributed by atoms with Crippen LogP contribution in [-0.4, -0.2) is 58.6 Å². The maximum absolute atomic E-state index is 5.87. The zero-order valence-electron chi connectivity index (χ0n) is 12.5. The zero-order chi connectivity index (χ0) is 14.4. The van der Waals surface area contributed by atoms with E-state index >= 15 is 0 Å². The van der Waals surface area contributed by atoms with Gasteiger partial charge < -0.3 is 18.9 Å². The summed E-state index contributed by atoms with van der Waals surface area (Å²) in [5.41, 5.74) is 1.09. The molecule has 1 aliphatic rings. The molecule has 1 aromatic rings. The van der Waals surface area contributed by atoms with Crippen molar-refractivity contribution in [2.75, 3.05) is 53.7 Å². The molecular formula is C15H23NO4. The van der Waals surface area contributed by atoms with Crippen molar-refractivity contribution < 1.29 is 18.9 Å². The molecule has 112 valence electrons. The average molecular weight is 281 g/mol. The van der Waals surface area contributed by atoms with E-state index in [0.29, 0.717) is 18.1 Å². The zero-order valence-corrected chi connectivity index (χ0v) is 12.5. The highest BCUT2D eigenvalue weighted by Gasteiger charge is 2.14. The van der Waals surface area contributed by atoms with Gasteiger partial charge in [-0.15, -0.1) is 0 Å². The van der Waals surface area contributed by atoms with Crippen LogP contribution in [-0.2, 0) is 4.74 Å². The Morgan fingerprint density at radius 3 is 2.45 bits per heavy atom. The van der Waals surface area contributed by atoms with Gasteiger partial charge in [0.2, 0.25) is 5.75 Å². The molecule has 0 radical (unpaired) electrons. The minimum absolute atomic E-state index is 0.628. The van der Waals surface area contributed by atoms with Crippen molar-refractivity contribution in [3.05, 3.63) is 17.7 Å². The van der Waals surface area contributed by atoms with Gasteiger partial charge >= 0.3 is 0 Å². The van der Waals surface area contributed by atoms with E-state index in [9.17, 15) is 0 Å². The largest absolute Gasteiger partial charge is 0.493 e. The molecule has 1 aliphatic heterocycles. The summed E-state index contributed by atoms with van der Waals surface area (Å²) in [6.45, 7) is 7.08. The molecule has 0 amide bonds. The first-order chi connectivity index (χ1) is 9.74. The predicted octanol–water partition coefficient (Wildman–Crippen LogP) is 1.72. The third-order valence-electron chi connectivity index (χ3n) is 3.36. The van der Waals surface area contributed by atoms with Crippen LogP contribution in [0, 0.1) is 6.92 Å². The third kappa shape index (κ3) is 3.77. The monoisotopic (exact) mass is 281 g/mol. The molecule has 1 fully saturated rings. The maximum atomic E-state index is 5.87. The average Bonchev–Trinajstić information content (AvgIpc) is 2.47. The molecule has 0 aliphatic carbocycles. The number of morpholine rings is 1. The molecule has 5 nitrogen and oxygen atoms in total. The second kappa shape index (κ2) is 7.36. The molecule has 0 aromatic heterocycles. The Bertz CT molecular complexity index is 430. The van der Waals surface area contributed by atoms with Gasteiger partial charge in [0, 0.05) is 19.6 Å². The molecular weight excluding hydrogens is 258 g/mol. The summed E-state index contributed by atoms with van der Waals surface area (Å²) in [5, 5.41) is 0. The van der Waals surface area contributed by atoms with Crippen molar-refractivity contribution in [1.82, 2.24) is 4.90 Å². The molecule has 5 heteroatoms. The number of hydrogen-bond acceptors (Lipinski definition) is 5. The predicted molar refractivity (Wildman–Crippen MR) is 77.0 cm³/mol. The number of hydrogen-bond donors (Lipinski definition) is 0. The highest BCUT2D eigenvalue weighted by atomic mass is 16.5. The highest BCUT2D eigenvalue weighted by molar-refractivity contribution is 5.53. The third-order valence-corrected chi connectivity index (χ3v) is 3.36. The summed E-state index contributed by atoms with van der Waals surface area (Å²) >= 11 is 0. The first-order valence-corrected chi connectivity index (χ1v) is 6.90. The van der Waals surface area contributed by atoms with Gasteiger partial charge in [-0.05, 0) is 24.6 Å². The van der Waals surface area contributed by atoms with E-state index in [1.54, 1.807) is 14.2 Å². The maximum Gasteiger partial charge on any atom is 0.203 e. The topological polar surface area (TPSA) is 40.2 Å². The van der Waals surface area contributed by atoms with Gasteiger partial charge in [0.15, 0.2) is 11.5 Å². The van der Waals surface area contributed by atoms with Crippen LogP contribution in [0.15, 0.2) is 12.1 Å². The Morgan fingerprint density at radius 2 is 1.80 bits per heavy atom. The van der Waals surface area contributed by atoms with Gasteiger partial charge in [-0.1, -0.05) is 0 Å². The molecule has 0 unspecified atom stereocenters. The lowest BCUT2D eigenvalue weighted by Crippen LogP contribution is -2.38. The minimum Gasteiger partial charge on any atom is -0.493 e. The van der Waals surface area contributed by atoms with Gasteiger partial charge in [-0.2, -0.15) is 0 Å². The van der Waals surface area contributed by atoms with Crippen molar-refractivity contribution in [1.29, 1.82) is 0 Å². The summed E-state index contributed by atoms with van der Waals surface area (Å²) < 4.78 is 21.9. The van der Waals surface area contributed by atoms with Crippen LogP contribution in [0.4, 0.5) is 0 Å². The molecule has 1 aromatic carbocycles. The molecule has 2 rings (SSSR count). The second-order valence-electron chi connectivity index (χ2n) is 4.80. The Hall–Kier alpha value is -1.46. The first kappa shape index (κ1) is 14.9. The van der Waals surface area contributed by atoms with Gasteiger partial charge in [0.05, 0.1) is 27.4 Å². The van der Waals surface area contributed by atoms with Gasteiger partial charge in [-0.25, -0.2) is 0 Å². The van der Waals surface area contributed by atoms with Gasteiger partial charge in [-0.3, -0.25) is 4.90 Å². The fourth-order valence-electron chi connectivity index (χ4n) is 2.28. The summed E-state index contributed by atoms with van der Waals surface area (Å²) in [5.74, 6) is 2.09. The molecule has 0 N–H and O–H groups in total. The number of aryl methyl sites for hydroxylation is 1. The molecule has 1 saturated heterocycles. The van der Waals surface area contributed by atoms with Crippen LogP contribution in [0.5, 0.6) is 17.2 Å². The number of benzene rings is 1. The lowest BCUT2D eigenvalue weighted by atomic mass is 10.2. The van der Waals surface area contributed by atoms with E-state index in [2.05, 4.69) is 4.90 Å². The van der Waals surface area contributed by atoms with Crippen molar-refractivity contribution in [3.63, 3.8) is 0 Å². The van der Waals surface area contributed by atoms with Crippen LogP contribution in [0.3, 0.4) is 0 Å². The van der Waals surface area contributed by atoms with Crippen molar-refractivity contribution >= 4 is 0 Å². The van der Waals surface area contributed by atoms with Gasteiger partial charge in [0.25, 0.3) is 0 Å². The SMILES string of the molecule is COc1cc(C)cc(OCCN2CCOCC2)c1OC. The summed E-state index contributed by atoms with van der Waals surface area (Å²) in [7, 11) is 3.26. The van der Waals surface area contributed by atoms with Crippen LogP contribution in [0.1, 0.15) is 5.56 Å². The van der Waals surface area contributed by atoms with E-state index in [0.717, 1.165) is 44.2 Å². The molecule has 0 spiro atoms. The lowest BCUT2D eigenvalue weighted by molar-refractivity contribution is 0.0321. The molecule has 0 saturated carbocycles. The van der Waals surface area contributed by atoms with E-state index in [4.69, 9.17) is 18.9 Å². The molecule has 0 bridgehead atoms. The highest BCUT2D eigenvalue weighted by Crippen LogP contribution is 2.38. The second-order valence-corrected chi connectivity index (χ2v) is 4.80. The number of methoxy groups -OCH3 is 2. The first-order valence-electron chi connectivity index (χ1n) is 6.90. The number of rotatable bonds is 6. The van der Waals surface area contributed by atoms with Crippen LogP contribution in [0.25, 0.3) is 0 Å². The minimum atomic E-state index is 0.628. The number of ether oxygens (including phenoxy) is 4. The summed E-state index contributed by atoms with van der Waals surface area (Å²) in [4.78, 5) is 2.34. The Kier molecular flexibility index (Phi) is 5.49. The smallest absolute Gasteiger partial charge is 0.203 e. The van der Waals surface area contributed by atoms with Crippen molar-refractivity contribution in [3.8, 4) is 17.2 Å². The number of nitrogens with zero attached hydrogens (tertiary/aromatic N) is 1. The van der Waals surface area contributed by atoms with E-state index in [1.807, 2.05) is 19.1 Å². The Balaban J connectivity index is 1.95.